The fourth-order valence-electron chi connectivity index (χ4n) is 1.59. The zero-order chi connectivity index (χ0) is 14.7. The van der Waals surface area contributed by atoms with Crippen LogP contribution in [-0.2, 0) is 0 Å². The molecule has 0 spiro atoms. The topological polar surface area (TPSA) is 38.3 Å². The van der Waals surface area contributed by atoms with Gasteiger partial charge in [0.1, 0.15) is 5.75 Å². The molecule has 2 aromatic carbocycles. The highest BCUT2D eigenvalue weighted by atomic mass is 79.9. The second-order valence-electron chi connectivity index (χ2n) is 3.92. The second-order valence-corrected chi connectivity index (χ2v) is 6.10. The van der Waals surface area contributed by atoms with Crippen molar-refractivity contribution in [2.24, 2.45) is 0 Å². The third-order valence-electron chi connectivity index (χ3n) is 2.60. The summed E-state index contributed by atoms with van der Waals surface area (Å²) in [6, 6.07) is 10.4. The standard InChI is InChI=1S/C14H10Br2ClNO2/c1-20-9-3-5-12(17)13(7-9)18-14(19)10-4-2-8(15)6-11(10)16/h2-7H,1H3,(H,18,19). The van der Waals surface area contributed by atoms with E-state index in [1.54, 1.807) is 37.4 Å². The number of carbonyl (C=O) groups excluding carboxylic acids is 1. The summed E-state index contributed by atoms with van der Waals surface area (Å²) in [5.41, 5.74) is 1.03. The molecule has 0 heterocycles. The quantitative estimate of drug-likeness (QED) is 0.749. The molecule has 2 rings (SSSR count). The average molecular weight is 420 g/mol. The Bertz CT molecular complexity index is 662. The molecule has 0 aliphatic heterocycles. The summed E-state index contributed by atoms with van der Waals surface area (Å²) in [6.45, 7) is 0. The maximum atomic E-state index is 12.2. The number of carbonyl (C=O) groups is 1. The number of benzene rings is 2. The van der Waals surface area contributed by atoms with E-state index in [9.17, 15) is 4.79 Å². The minimum absolute atomic E-state index is 0.250. The van der Waals surface area contributed by atoms with E-state index in [2.05, 4.69) is 37.2 Å². The molecule has 6 heteroatoms. The minimum Gasteiger partial charge on any atom is -0.497 e. The molecule has 0 unspecified atom stereocenters. The Morgan fingerprint density at radius 1 is 1.20 bits per heavy atom. The van der Waals surface area contributed by atoms with Gasteiger partial charge in [0.05, 0.1) is 23.4 Å². The van der Waals surface area contributed by atoms with Crippen LogP contribution in [0, 0.1) is 0 Å². The highest BCUT2D eigenvalue weighted by molar-refractivity contribution is 9.11. The molecule has 0 saturated carbocycles. The van der Waals surface area contributed by atoms with Gasteiger partial charge in [0.25, 0.3) is 5.91 Å². The fourth-order valence-corrected chi connectivity index (χ4v) is 2.98. The molecule has 0 aliphatic carbocycles. The number of hydrogen-bond acceptors (Lipinski definition) is 2. The third-order valence-corrected chi connectivity index (χ3v) is 4.08. The number of methoxy groups -OCH3 is 1. The van der Waals surface area contributed by atoms with Crippen LogP contribution in [0.5, 0.6) is 5.75 Å². The first-order valence-electron chi connectivity index (χ1n) is 5.61. The highest BCUT2D eigenvalue weighted by Gasteiger charge is 2.12. The average Bonchev–Trinajstić information content (AvgIpc) is 2.41. The van der Waals surface area contributed by atoms with Crippen LogP contribution in [0.25, 0.3) is 0 Å². The number of anilines is 1. The van der Waals surface area contributed by atoms with Crippen molar-refractivity contribution >= 4 is 55.1 Å². The Hall–Kier alpha value is -1.04. The predicted molar refractivity (Wildman–Crippen MR) is 87.8 cm³/mol. The lowest BCUT2D eigenvalue weighted by Gasteiger charge is -2.10. The van der Waals surface area contributed by atoms with Gasteiger partial charge in [-0.3, -0.25) is 4.79 Å². The van der Waals surface area contributed by atoms with Gasteiger partial charge in [-0.15, -0.1) is 0 Å². The lowest BCUT2D eigenvalue weighted by atomic mass is 10.2. The van der Waals surface area contributed by atoms with E-state index in [4.69, 9.17) is 16.3 Å². The summed E-state index contributed by atoms with van der Waals surface area (Å²) in [5.74, 6) is 0.374. The SMILES string of the molecule is COc1ccc(Cl)c(NC(=O)c2ccc(Br)cc2Br)c1. The van der Waals surface area contributed by atoms with Crippen LogP contribution in [0.15, 0.2) is 45.3 Å². The third kappa shape index (κ3) is 3.53. The number of hydrogen-bond donors (Lipinski definition) is 1. The summed E-state index contributed by atoms with van der Waals surface area (Å²) in [4.78, 5) is 12.2. The lowest BCUT2D eigenvalue weighted by Crippen LogP contribution is -2.13. The van der Waals surface area contributed by atoms with Crippen molar-refractivity contribution in [3.05, 3.63) is 55.9 Å². The first-order valence-corrected chi connectivity index (χ1v) is 7.57. The summed E-state index contributed by atoms with van der Waals surface area (Å²) in [7, 11) is 1.56. The van der Waals surface area contributed by atoms with Gasteiger partial charge in [-0.2, -0.15) is 0 Å². The van der Waals surface area contributed by atoms with Crippen LogP contribution < -0.4 is 10.1 Å². The smallest absolute Gasteiger partial charge is 0.256 e. The Morgan fingerprint density at radius 3 is 2.60 bits per heavy atom. The van der Waals surface area contributed by atoms with Gasteiger partial charge in [-0.05, 0) is 46.3 Å². The van der Waals surface area contributed by atoms with Crippen LogP contribution in [0.4, 0.5) is 5.69 Å². The van der Waals surface area contributed by atoms with Gasteiger partial charge >= 0.3 is 0 Å². The molecule has 0 radical (unpaired) electrons. The first-order chi connectivity index (χ1) is 9.51. The molecule has 0 aromatic heterocycles. The van der Waals surface area contributed by atoms with Crippen LogP contribution >= 0.6 is 43.5 Å². The molecule has 0 bridgehead atoms. The summed E-state index contributed by atoms with van der Waals surface area (Å²) in [6.07, 6.45) is 0. The predicted octanol–water partition coefficient (Wildman–Crippen LogP) is 5.13. The van der Waals surface area contributed by atoms with E-state index >= 15 is 0 Å². The molecule has 0 atom stereocenters. The molecule has 20 heavy (non-hydrogen) atoms. The van der Waals surface area contributed by atoms with E-state index in [-0.39, 0.29) is 5.91 Å². The fraction of sp³-hybridized carbons (Fsp3) is 0.0714. The van der Waals surface area contributed by atoms with Gasteiger partial charge < -0.3 is 10.1 Å². The number of rotatable bonds is 3. The minimum atomic E-state index is -0.250. The largest absolute Gasteiger partial charge is 0.497 e. The van der Waals surface area contributed by atoms with Crippen molar-refractivity contribution in [3.8, 4) is 5.75 Å². The summed E-state index contributed by atoms with van der Waals surface area (Å²) >= 11 is 12.8. The molecule has 104 valence electrons. The molecule has 0 fully saturated rings. The van der Waals surface area contributed by atoms with E-state index in [1.807, 2.05) is 6.07 Å². The Balaban J connectivity index is 2.27. The van der Waals surface area contributed by atoms with Crippen molar-refractivity contribution in [1.82, 2.24) is 0 Å². The lowest BCUT2D eigenvalue weighted by molar-refractivity contribution is 0.102. The van der Waals surface area contributed by atoms with Crippen molar-refractivity contribution in [3.63, 3.8) is 0 Å². The normalized spacial score (nSPS) is 10.2. The van der Waals surface area contributed by atoms with Crippen molar-refractivity contribution in [2.45, 2.75) is 0 Å². The van der Waals surface area contributed by atoms with Crippen LogP contribution in [-0.4, -0.2) is 13.0 Å². The van der Waals surface area contributed by atoms with Gasteiger partial charge in [0.15, 0.2) is 0 Å². The first kappa shape index (κ1) is 15.4. The Morgan fingerprint density at radius 2 is 1.95 bits per heavy atom. The molecule has 1 amide bonds. The molecule has 0 aliphatic rings. The maximum absolute atomic E-state index is 12.2. The van der Waals surface area contributed by atoms with Gasteiger partial charge in [-0.25, -0.2) is 0 Å². The van der Waals surface area contributed by atoms with Gasteiger partial charge in [0.2, 0.25) is 0 Å². The molecule has 2 aromatic rings. The number of nitrogens with one attached hydrogen (secondary N) is 1. The molecular weight excluding hydrogens is 409 g/mol. The monoisotopic (exact) mass is 417 g/mol. The van der Waals surface area contributed by atoms with Crippen molar-refractivity contribution < 1.29 is 9.53 Å². The van der Waals surface area contributed by atoms with E-state index in [0.717, 1.165) is 4.47 Å². The van der Waals surface area contributed by atoms with Gasteiger partial charge in [0, 0.05) is 15.0 Å². The summed E-state index contributed by atoms with van der Waals surface area (Å²) < 4.78 is 6.70. The zero-order valence-corrected chi connectivity index (χ0v) is 14.3. The molecular formula is C14H10Br2ClNO2. The van der Waals surface area contributed by atoms with Gasteiger partial charge in [-0.1, -0.05) is 27.5 Å². The molecule has 0 saturated heterocycles. The van der Waals surface area contributed by atoms with Crippen LogP contribution in [0.3, 0.4) is 0 Å². The number of ether oxygens (including phenoxy) is 1. The number of halogens is 3. The van der Waals surface area contributed by atoms with E-state index in [0.29, 0.717) is 26.5 Å². The van der Waals surface area contributed by atoms with Crippen molar-refractivity contribution in [2.75, 3.05) is 12.4 Å². The van der Waals surface area contributed by atoms with Crippen LogP contribution in [0.2, 0.25) is 5.02 Å². The van der Waals surface area contributed by atoms with E-state index < -0.39 is 0 Å². The second kappa shape index (κ2) is 6.61. The number of amides is 1. The Kier molecular flexibility index (Phi) is 5.07. The van der Waals surface area contributed by atoms with E-state index in [1.165, 1.54) is 0 Å². The summed E-state index contributed by atoms with van der Waals surface area (Å²) in [5, 5.41) is 3.22. The van der Waals surface area contributed by atoms with Crippen molar-refractivity contribution in [1.29, 1.82) is 0 Å². The van der Waals surface area contributed by atoms with Crippen LogP contribution in [0.1, 0.15) is 10.4 Å². The molecule has 3 nitrogen and oxygen atoms in total. The molecule has 1 N–H and O–H groups in total. The highest BCUT2D eigenvalue weighted by Crippen LogP contribution is 2.28. The maximum Gasteiger partial charge on any atom is 0.256 e. The zero-order valence-electron chi connectivity index (χ0n) is 10.4. The Labute approximate surface area is 138 Å².